The summed E-state index contributed by atoms with van der Waals surface area (Å²) in [4.78, 5) is 17.0. The lowest BCUT2D eigenvalue weighted by atomic mass is 10.0. The molecule has 0 spiro atoms. The maximum Gasteiger partial charge on any atom is 0.159 e. The summed E-state index contributed by atoms with van der Waals surface area (Å²) in [6.45, 7) is 4.66. The molecule has 0 aliphatic carbocycles. The molecule has 0 bridgehead atoms. The molecule has 7 rings (SSSR count). The minimum absolute atomic E-state index is 0.352. The molecule has 10 heteroatoms. The minimum atomic E-state index is -0.417. The van der Waals surface area contributed by atoms with E-state index < -0.39 is 5.82 Å². The summed E-state index contributed by atoms with van der Waals surface area (Å²) in [6.07, 6.45) is 5.60. The second kappa shape index (κ2) is 11.7. The number of fused-ring (bicyclic) bond motifs is 2. The first kappa shape index (κ1) is 28.1. The number of H-pyrrole nitrogens is 2. The van der Waals surface area contributed by atoms with Gasteiger partial charge in [0.15, 0.2) is 5.82 Å². The molecule has 222 valence electrons. The average Bonchev–Trinajstić information content (AvgIpc) is 3.65. The number of nitrogens with one attached hydrogen (secondary N) is 4. The van der Waals surface area contributed by atoms with Crippen molar-refractivity contribution in [1.82, 2.24) is 35.5 Å². The number of halogens is 2. The molecule has 0 aliphatic heterocycles. The summed E-state index contributed by atoms with van der Waals surface area (Å²) < 4.78 is 29.9. The molecule has 3 aromatic carbocycles. The fraction of sp³-hybridized carbons (Fsp3) is 0.0857. The number of imidazole rings is 1. The Labute approximate surface area is 257 Å². The molecule has 0 unspecified atom stereocenters. The molecule has 7 aromatic rings. The quantitative estimate of drug-likeness (QED) is 0.138. The van der Waals surface area contributed by atoms with Gasteiger partial charge in [0.2, 0.25) is 0 Å². The van der Waals surface area contributed by atoms with E-state index in [-0.39, 0.29) is 5.82 Å². The van der Waals surface area contributed by atoms with Gasteiger partial charge in [-0.1, -0.05) is 36.9 Å². The van der Waals surface area contributed by atoms with E-state index in [4.69, 9.17) is 4.98 Å². The molecule has 45 heavy (non-hydrogen) atoms. The number of anilines is 1. The molecular weight excluding hydrogens is 570 g/mol. The van der Waals surface area contributed by atoms with Crippen LogP contribution >= 0.6 is 0 Å². The third-order valence-corrected chi connectivity index (χ3v) is 7.52. The highest BCUT2D eigenvalue weighted by molar-refractivity contribution is 5.97. The van der Waals surface area contributed by atoms with Crippen molar-refractivity contribution < 1.29 is 8.78 Å². The summed E-state index contributed by atoms with van der Waals surface area (Å²) in [6, 6.07) is 21.7. The van der Waals surface area contributed by atoms with E-state index >= 15 is 4.39 Å². The van der Waals surface area contributed by atoms with Gasteiger partial charge >= 0.3 is 0 Å². The Morgan fingerprint density at radius 3 is 2.60 bits per heavy atom. The predicted molar refractivity (Wildman–Crippen MR) is 173 cm³/mol. The minimum Gasteiger partial charge on any atom is -0.358 e. The van der Waals surface area contributed by atoms with Crippen LogP contribution in [-0.2, 0) is 13.0 Å². The van der Waals surface area contributed by atoms with Gasteiger partial charge in [-0.2, -0.15) is 5.10 Å². The van der Waals surface area contributed by atoms with Gasteiger partial charge in [0.1, 0.15) is 22.8 Å². The van der Waals surface area contributed by atoms with Gasteiger partial charge in [-0.25, -0.2) is 13.8 Å². The van der Waals surface area contributed by atoms with Crippen LogP contribution < -0.4 is 10.6 Å². The van der Waals surface area contributed by atoms with Gasteiger partial charge in [-0.15, -0.1) is 0 Å². The van der Waals surface area contributed by atoms with Crippen molar-refractivity contribution in [3.05, 3.63) is 126 Å². The average molecular weight is 599 g/mol. The standard InChI is InChI=1S/C35H28F2N8/c1-20(10-21-6-4-3-5-7-21)41-26-14-24(18-39-19-26)27-15-28-31(16-29(27)37)44-45-33(28)35-42-30-8-9-40-32(34(30)43-35)23-11-22(17-38-2)12-25(36)13-23/h3-9,11-16,18-19,38,41H,1,10,17H2,2H3,(H,42,43)(H,44,45). The molecule has 0 amide bonds. The molecule has 0 radical (unpaired) electrons. The van der Waals surface area contributed by atoms with Crippen LogP contribution in [0.15, 0.2) is 104 Å². The van der Waals surface area contributed by atoms with Crippen molar-refractivity contribution >= 4 is 27.6 Å². The van der Waals surface area contributed by atoms with Crippen LogP contribution in [0.5, 0.6) is 0 Å². The largest absolute Gasteiger partial charge is 0.358 e. The molecule has 8 nitrogen and oxygen atoms in total. The van der Waals surface area contributed by atoms with Gasteiger partial charge in [-0.3, -0.25) is 15.1 Å². The molecule has 0 aliphatic rings. The number of aromatic nitrogens is 6. The summed E-state index contributed by atoms with van der Waals surface area (Å²) in [7, 11) is 1.81. The molecule has 0 atom stereocenters. The Morgan fingerprint density at radius 1 is 0.889 bits per heavy atom. The normalized spacial score (nSPS) is 11.4. The molecule has 4 heterocycles. The lowest BCUT2D eigenvalue weighted by Crippen LogP contribution is -2.05. The molecule has 0 fully saturated rings. The smallest absolute Gasteiger partial charge is 0.159 e. The zero-order valence-corrected chi connectivity index (χ0v) is 24.3. The van der Waals surface area contributed by atoms with Gasteiger partial charge in [0.25, 0.3) is 0 Å². The lowest BCUT2D eigenvalue weighted by Gasteiger charge is -2.11. The Balaban J connectivity index is 1.24. The number of pyridine rings is 2. The molecule has 4 N–H and O–H groups in total. The van der Waals surface area contributed by atoms with E-state index in [9.17, 15) is 4.39 Å². The first-order valence-electron chi connectivity index (χ1n) is 14.4. The van der Waals surface area contributed by atoms with E-state index in [1.807, 2.05) is 49.5 Å². The van der Waals surface area contributed by atoms with Gasteiger partial charge < -0.3 is 15.6 Å². The van der Waals surface area contributed by atoms with Crippen molar-refractivity contribution in [2.75, 3.05) is 12.4 Å². The predicted octanol–water partition coefficient (Wildman–Crippen LogP) is 7.40. The summed E-state index contributed by atoms with van der Waals surface area (Å²) in [5.74, 6) is -0.297. The van der Waals surface area contributed by atoms with E-state index in [2.05, 4.69) is 42.4 Å². The van der Waals surface area contributed by atoms with Gasteiger partial charge in [-0.05, 0) is 54.6 Å². The van der Waals surface area contributed by atoms with Crippen LogP contribution in [0.25, 0.3) is 55.8 Å². The number of aromatic amines is 2. The summed E-state index contributed by atoms with van der Waals surface area (Å²) in [5.41, 5.74) is 7.87. The number of nitrogens with zero attached hydrogens (tertiary/aromatic N) is 4. The fourth-order valence-electron chi connectivity index (χ4n) is 5.54. The Bertz CT molecular complexity index is 2190. The Morgan fingerprint density at radius 2 is 1.76 bits per heavy atom. The third-order valence-electron chi connectivity index (χ3n) is 7.52. The first-order valence-corrected chi connectivity index (χ1v) is 14.4. The van der Waals surface area contributed by atoms with Crippen molar-refractivity contribution in [1.29, 1.82) is 0 Å². The second-order valence-electron chi connectivity index (χ2n) is 10.8. The van der Waals surface area contributed by atoms with E-state index in [1.165, 1.54) is 18.2 Å². The second-order valence-corrected chi connectivity index (χ2v) is 10.8. The first-order chi connectivity index (χ1) is 21.9. The maximum atomic E-state index is 15.4. The lowest BCUT2D eigenvalue weighted by molar-refractivity contribution is 0.624. The van der Waals surface area contributed by atoms with Crippen LogP contribution in [0, 0.1) is 11.6 Å². The van der Waals surface area contributed by atoms with Gasteiger partial charge in [0.05, 0.1) is 28.6 Å². The highest BCUT2D eigenvalue weighted by Crippen LogP contribution is 2.34. The van der Waals surface area contributed by atoms with Crippen LogP contribution in [0.1, 0.15) is 11.1 Å². The van der Waals surface area contributed by atoms with Crippen molar-refractivity contribution in [2.24, 2.45) is 0 Å². The molecule has 0 saturated heterocycles. The molecular formula is C35H28F2N8. The monoisotopic (exact) mass is 598 g/mol. The van der Waals surface area contributed by atoms with Crippen LogP contribution in [0.4, 0.5) is 14.5 Å². The summed E-state index contributed by atoms with van der Waals surface area (Å²) in [5, 5.41) is 14.4. The highest BCUT2D eigenvalue weighted by Gasteiger charge is 2.19. The van der Waals surface area contributed by atoms with Crippen LogP contribution in [0.3, 0.4) is 0 Å². The SMILES string of the molecule is C=C(Cc1ccccc1)Nc1cncc(-c2cc3c(-c4nc5c(-c6cc(F)cc(CNC)c6)nccc5[nH]4)n[nH]c3cc2F)c1. The zero-order chi connectivity index (χ0) is 30.9. The molecule has 4 aromatic heterocycles. The third kappa shape index (κ3) is 5.66. The number of benzene rings is 3. The van der Waals surface area contributed by atoms with Crippen molar-refractivity contribution in [3.8, 4) is 33.9 Å². The van der Waals surface area contributed by atoms with Crippen molar-refractivity contribution in [2.45, 2.75) is 13.0 Å². The Hall–Kier alpha value is -5.74. The van der Waals surface area contributed by atoms with E-state index in [0.29, 0.717) is 74.5 Å². The number of hydrogen-bond acceptors (Lipinski definition) is 6. The molecule has 0 saturated carbocycles. The van der Waals surface area contributed by atoms with Crippen LogP contribution in [-0.4, -0.2) is 37.2 Å². The fourth-order valence-corrected chi connectivity index (χ4v) is 5.54. The summed E-state index contributed by atoms with van der Waals surface area (Å²) >= 11 is 0. The van der Waals surface area contributed by atoms with E-state index in [0.717, 1.165) is 16.8 Å². The highest BCUT2D eigenvalue weighted by atomic mass is 19.1. The number of hydrogen-bond donors (Lipinski definition) is 4. The van der Waals surface area contributed by atoms with E-state index in [1.54, 1.807) is 30.7 Å². The Kier molecular flexibility index (Phi) is 7.32. The van der Waals surface area contributed by atoms with Crippen molar-refractivity contribution in [3.63, 3.8) is 0 Å². The number of allylic oxidation sites excluding steroid dienone is 1. The zero-order valence-electron chi connectivity index (χ0n) is 24.3. The number of rotatable bonds is 9. The van der Waals surface area contributed by atoms with Gasteiger partial charge in [0, 0.05) is 59.2 Å². The topological polar surface area (TPSA) is 107 Å². The maximum absolute atomic E-state index is 15.4. The van der Waals surface area contributed by atoms with Crippen LogP contribution in [0.2, 0.25) is 0 Å².